The highest BCUT2D eigenvalue weighted by molar-refractivity contribution is 6.34. The van der Waals surface area contributed by atoms with Crippen LogP contribution in [0, 0.1) is 0 Å². The van der Waals surface area contributed by atoms with Gasteiger partial charge in [-0.1, -0.05) is 29.8 Å². The number of fused-ring (bicyclic) bond motifs is 1. The lowest BCUT2D eigenvalue weighted by Crippen LogP contribution is -2.19. The predicted octanol–water partition coefficient (Wildman–Crippen LogP) is 6.09. The molecule has 208 valence electrons. The number of furan rings is 1. The highest BCUT2D eigenvalue weighted by atomic mass is 35.5. The second-order valence-corrected chi connectivity index (χ2v) is 8.96. The first-order valence-corrected chi connectivity index (χ1v) is 12.6. The maximum Gasteiger partial charge on any atom is 0.379 e. The van der Waals surface area contributed by atoms with Crippen LogP contribution in [0.5, 0.6) is 23.0 Å². The molecule has 0 fully saturated rings. The van der Waals surface area contributed by atoms with E-state index in [1.165, 1.54) is 25.7 Å². The summed E-state index contributed by atoms with van der Waals surface area (Å²) in [6, 6.07) is 18.6. The summed E-state index contributed by atoms with van der Waals surface area (Å²) in [6.07, 6.45) is 2.81. The van der Waals surface area contributed by atoms with Gasteiger partial charge in [-0.05, 0) is 54.1 Å². The summed E-state index contributed by atoms with van der Waals surface area (Å²) >= 11 is 6.55. The number of carbonyl (C=O) groups is 2. The van der Waals surface area contributed by atoms with Crippen molar-refractivity contribution in [3.63, 3.8) is 0 Å². The summed E-state index contributed by atoms with van der Waals surface area (Å²) in [7, 11) is 4.53. The maximum atomic E-state index is 13.4. The molecule has 41 heavy (non-hydrogen) atoms. The fourth-order valence-electron chi connectivity index (χ4n) is 4.31. The molecule has 11 heteroatoms. The molecule has 0 saturated heterocycles. The molecule has 5 aromatic rings. The molecule has 1 amide bonds. The Bertz CT molecular complexity index is 1760. The number of rotatable bonds is 9. The van der Waals surface area contributed by atoms with E-state index in [-0.39, 0.29) is 23.0 Å². The number of hydrazone groups is 1. The van der Waals surface area contributed by atoms with Gasteiger partial charge < -0.3 is 28.3 Å². The molecule has 0 bridgehead atoms. The van der Waals surface area contributed by atoms with Crippen LogP contribution in [-0.4, -0.2) is 44.4 Å². The van der Waals surface area contributed by atoms with Gasteiger partial charge in [-0.15, -0.1) is 0 Å². The van der Waals surface area contributed by atoms with Gasteiger partial charge in [-0.25, -0.2) is 10.2 Å². The van der Waals surface area contributed by atoms with Crippen LogP contribution in [0.15, 0.2) is 82.5 Å². The van der Waals surface area contributed by atoms with E-state index < -0.39 is 11.9 Å². The van der Waals surface area contributed by atoms with E-state index in [4.69, 9.17) is 35.0 Å². The number of aromatic amines is 1. The number of nitrogens with one attached hydrogen (secondary N) is 2. The molecule has 2 aromatic heterocycles. The molecule has 10 nitrogen and oxygen atoms in total. The van der Waals surface area contributed by atoms with E-state index >= 15 is 0 Å². The molecule has 0 unspecified atom stereocenters. The van der Waals surface area contributed by atoms with Crippen molar-refractivity contribution in [2.75, 3.05) is 21.3 Å². The highest BCUT2D eigenvalue weighted by Crippen LogP contribution is 2.44. The number of benzene rings is 3. The topological polar surface area (TPSA) is 124 Å². The summed E-state index contributed by atoms with van der Waals surface area (Å²) < 4.78 is 26.9. The molecule has 3 aromatic carbocycles. The lowest BCUT2D eigenvalue weighted by molar-refractivity contribution is 0.0696. The third kappa shape index (κ3) is 5.45. The van der Waals surface area contributed by atoms with Crippen molar-refractivity contribution >= 4 is 40.6 Å². The Labute approximate surface area is 239 Å². The molecule has 0 spiro atoms. The quantitative estimate of drug-likeness (QED) is 0.0946. The molecule has 0 saturated carbocycles. The Morgan fingerprint density at radius 1 is 0.902 bits per heavy atom. The third-order valence-electron chi connectivity index (χ3n) is 6.18. The fraction of sp³-hybridized carbons (Fsp3) is 0.100. The average molecular weight is 574 g/mol. The molecule has 0 radical (unpaired) electrons. The van der Waals surface area contributed by atoms with Gasteiger partial charge in [0.2, 0.25) is 5.76 Å². The number of ether oxygens (including phenoxy) is 4. The Morgan fingerprint density at radius 3 is 2.34 bits per heavy atom. The number of nitrogens with zero attached hydrogens (tertiary/aromatic N) is 1. The van der Waals surface area contributed by atoms with Crippen LogP contribution in [0.2, 0.25) is 5.02 Å². The maximum absolute atomic E-state index is 13.4. The van der Waals surface area contributed by atoms with Crippen molar-refractivity contribution in [2.24, 2.45) is 5.10 Å². The van der Waals surface area contributed by atoms with Crippen molar-refractivity contribution < 1.29 is 33.0 Å². The fourth-order valence-corrected chi connectivity index (χ4v) is 4.54. The molecule has 0 aliphatic rings. The van der Waals surface area contributed by atoms with Crippen molar-refractivity contribution in [3.8, 4) is 34.1 Å². The number of aromatic nitrogens is 1. The van der Waals surface area contributed by atoms with Gasteiger partial charge in [-0.2, -0.15) is 5.10 Å². The summed E-state index contributed by atoms with van der Waals surface area (Å²) in [6.45, 7) is 0. The molecular formula is C30H24ClN3O7. The van der Waals surface area contributed by atoms with Crippen LogP contribution in [0.25, 0.3) is 22.0 Å². The van der Waals surface area contributed by atoms with Crippen molar-refractivity contribution in [1.29, 1.82) is 0 Å². The zero-order chi connectivity index (χ0) is 28.9. The molecule has 0 atom stereocenters. The Morgan fingerprint density at radius 2 is 1.63 bits per heavy atom. The number of halogens is 1. The summed E-state index contributed by atoms with van der Waals surface area (Å²) in [5, 5.41) is 5.21. The first-order valence-electron chi connectivity index (χ1n) is 12.2. The van der Waals surface area contributed by atoms with Crippen LogP contribution in [0.4, 0.5) is 0 Å². The molecule has 5 rings (SSSR count). The van der Waals surface area contributed by atoms with Gasteiger partial charge in [0.05, 0.1) is 44.7 Å². The first-order chi connectivity index (χ1) is 19.9. The van der Waals surface area contributed by atoms with Gasteiger partial charge in [0, 0.05) is 16.1 Å². The van der Waals surface area contributed by atoms with E-state index in [9.17, 15) is 9.59 Å². The van der Waals surface area contributed by atoms with E-state index in [0.29, 0.717) is 44.1 Å². The zero-order valence-electron chi connectivity index (χ0n) is 22.2. The normalized spacial score (nSPS) is 11.0. The third-order valence-corrected chi connectivity index (χ3v) is 6.51. The second-order valence-electron chi connectivity index (χ2n) is 8.55. The zero-order valence-corrected chi connectivity index (χ0v) is 22.9. The largest absolute Gasteiger partial charge is 0.496 e. The Hall–Kier alpha value is -5.22. The molecule has 2 heterocycles. The van der Waals surface area contributed by atoms with Crippen molar-refractivity contribution in [3.05, 3.63) is 95.0 Å². The van der Waals surface area contributed by atoms with E-state index in [2.05, 4.69) is 15.5 Å². The average Bonchev–Trinajstić information content (AvgIpc) is 3.67. The van der Waals surface area contributed by atoms with Crippen LogP contribution >= 0.6 is 11.6 Å². The lowest BCUT2D eigenvalue weighted by Gasteiger charge is -2.10. The summed E-state index contributed by atoms with van der Waals surface area (Å²) in [5.41, 5.74) is 5.08. The predicted molar refractivity (Wildman–Crippen MR) is 154 cm³/mol. The van der Waals surface area contributed by atoms with Gasteiger partial charge in [0.1, 0.15) is 17.2 Å². The van der Waals surface area contributed by atoms with Gasteiger partial charge >= 0.3 is 5.97 Å². The molecule has 0 aliphatic carbocycles. The number of hydrogen-bond donors (Lipinski definition) is 2. The summed E-state index contributed by atoms with van der Waals surface area (Å²) in [4.78, 5) is 28.8. The van der Waals surface area contributed by atoms with E-state index in [1.807, 2.05) is 12.1 Å². The molecule has 2 N–H and O–H groups in total. The summed E-state index contributed by atoms with van der Waals surface area (Å²) in [5.74, 6) is 0.418. The van der Waals surface area contributed by atoms with Crippen molar-refractivity contribution in [1.82, 2.24) is 10.4 Å². The Kier molecular flexibility index (Phi) is 7.93. The number of H-pyrrole nitrogens is 1. The standard InChI is InChI=1S/C30H24ClN3O7/c1-37-21-12-13-22(38-2)27-26(21)25(18-7-4-5-8-19(18)31)28(33-27)29(35)34-32-16-17-10-11-20(24(15-17)39-3)41-30(36)23-9-6-14-40-23/h4-16,33H,1-3H3,(H,34,35). The van der Waals surface area contributed by atoms with E-state index in [0.717, 1.165) is 0 Å². The second kappa shape index (κ2) is 11.9. The minimum atomic E-state index is -0.664. The number of esters is 1. The Balaban J connectivity index is 1.44. The highest BCUT2D eigenvalue weighted by Gasteiger charge is 2.25. The lowest BCUT2D eigenvalue weighted by atomic mass is 10.0. The van der Waals surface area contributed by atoms with Crippen LogP contribution in [-0.2, 0) is 0 Å². The molecular weight excluding hydrogens is 550 g/mol. The van der Waals surface area contributed by atoms with E-state index in [1.54, 1.807) is 62.8 Å². The smallest absolute Gasteiger partial charge is 0.379 e. The first kappa shape index (κ1) is 27.4. The van der Waals surface area contributed by atoms with Crippen LogP contribution in [0.3, 0.4) is 0 Å². The minimum Gasteiger partial charge on any atom is -0.496 e. The van der Waals surface area contributed by atoms with Gasteiger partial charge in [-0.3, -0.25) is 4.79 Å². The number of methoxy groups -OCH3 is 3. The number of amides is 1. The minimum absolute atomic E-state index is 0.0591. The van der Waals surface area contributed by atoms with Crippen LogP contribution in [0.1, 0.15) is 26.6 Å². The monoisotopic (exact) mass is 573 g/mol. The number of hydrogen-bond acceptors (Lipinski definition) is 8. The SMILES string of the molecule is COc1cc(C=NNC(=O)c2[nH]c3c(OC)ccc(OC)c3c2-c2ccccc2Cl)ccc1OC(=O)c1ccco1. The van der Waals surface area contributed by atoms with Gasteiger partial charge in [0.15, 0.2) is 11.5 Å². The number of carbonyl (C=O) groups excluding carboxylic acids is 2. The molecule has 0 aliphatic heterocycles. The van der Waals surface area contributed by atoms with Gasteiger partial charge in [0.25, 0.3) is 5.91 Å². The van der Waals surface area contributed by atoms with Crippen LogP contribution < -0.4 is 24.4 Å². The van der Waals surface area contributed by atoms with Crippen molar-refractivity contribution in [2.45, 2.75) is 0 Å².